The van der Waals surface area contributed by atoms with Crippen molar-refractivity contribution < 1.29 is 9.53 Å². The van der Waals surface area contributed by atoms with Crippen LogP contribution in [0.2, 0.25) is 0 Å². The molecule has 5 heteroatoms. The molecule has 84 valence electrons. The second kappa shape index (κ2) is 6.78. The van der Waals surface area contributed by atoms with E-state index < -0.39 is 0 Å². The van der Waals surface area contributed by atoms with Gasteiger partial charge >= 0.3 is 0 Å². The largest absolute Gasteiger partial charge is 0.462 e. The van der Waals surface area contributed by atoms with Crippen molar-refractivity contribution in [2.45, 2.75) is 26.4 Å². The van der Waals surface area contributed by atoms with Crippen LogP contribution in [0.5, 0.6) is 0 Å². The highest BCUT2D eigenvalue weighted by Crippen LogP contribution is 2.02. The maximum absolute atomic E-state index is 9.60. The Kier molecular flexibility index (Phi) is 6.05. The zero-order valence-corrected chi connectivity index (χ0v) is 9.23. The molecule has 0 fully saturated rings. The summed E-state index contributed by atoms with van der Waals surface area (Å²) in [6.45, 7) is 5.92. The standard InChI is InChI=1S/C5H7N3.C5H10O2/c6-8-5-3-1-2-4-7-5;1-5(2,3)7-4-6/h1-4H,6H2,(H,7,8);4H,1-3H3. The fourth-order valence-electron chi connectivity index (χ4n) is 0.592. The average molecular weight is 211 g/mol. The molecule has 0 amide bonds. The number of hydrogen-bond donors (Lipinski definition) is 2. The van der Waals surface area contributed by atoms with Crippen molar-refractivity contribution in [3.63, 3.8) is 0 Å². The summed E-state index contributed by atoms with van der Waals surface area (Å²) < 4.78 is 4.55. The second-order valence-electron chi connectivity index (χ2n) is 3.69. The number of nitrogens with zero attached hydrogens (tertiary/aromatic N) is 1. The van der Waals surface area contributed by atoms with Gasteiger partial charge < -0.3 is 10.2 Å². The lowest BCUT2D eigenvalue weighted by molar-refractivity contribution is -0.138. The Hall–Kier alpha value is -1.62. The highest BCUT2D eigenvalue weighted by molar-refractivity contribution is 5.37. The number of carbonyl (C=O) groups excluding carboxylic acids is 1. The van der Waals surface area contributed by atoms with Gasteiger partial charge in [-0.05, 0) is 32.9 Å². The second-order valence-corrected chi connectivity index (χ2v) is 3.69. The number of anilines is 1. The number of rotatable bonds is 2. The molecule has 1 rings (SSSR count). The maximum atomic E-state index is 9.60. The fourth-order valence-corrected chi connectivity index (χ4v) is 0.592. The van der Waals surface area contributed by atoms with Gasteiger partial charge in [0.15, 0.2) is 0 Å². The molecule has 0 saturated heterocycles. The van der Waals surface area contributed by atoms with Gasteiger partial charge in [-0.3, -0.25) is 4.79 Å². The highest BCUT2D eigenvalue weighted by atomic mass is 16.5. The van der Waals surface area contributed by atoms with Crippen LogP contribution in [-0.4, -0.2) is 17.1 Å². The molecular formula is C10H17N3O2. The lowest BCUT2D eigenvalue weighted by Gasteiger charge is -2.14. The molecule has 3 N–H and O–H groups in total. The Morgan fingerprint density at radius 1 is 1.47 bits per heavy atom. The number of nitrogen functional groups attached to an aromatic ring is 1. The van der Waals surface area contributed by atoms with Crippen LogP contribution in [0.25, 0.3) is 0 Å². The summed E-state index contributed by atoms with van der Waals surface area (Å²) in [6.07, 6.45) is 1.68. The third kappa shape index (κ3) is 8.70. The van der Waals surface area contributed by atoms with Crippen LogP contribution in [0.4, 0.5) is 5.82 Å². The number of hydrogen-bond acceptors (Lipinski definition) is 5. The lowest BCUT2D eigenvalue weighted by atomic mass is 10.2. The highest BCUT2D eigenvalue weighted by Gasteiger charge is 2.07. The summed E-state index contributed by atoms with van der Waals surface area (Å²) in [4.78, 5) is 13.5. The molecule has 0 bridgehead atoms. The number of pyridine rings is 1. The van der Waals surface area contributed by atoms with E-state index in [0.29, 0.717) is 12.3 Å². The normalized spacial score (nSPS) is 9.60. The number of aromatic nitrogens is 1. The van der Waals surface area contributed by atoms with Gasteiger partial charge in [-0.15, -0.1) is 0 Å². The molecule has 0 atom stereocenters. The molecule has 0 saturated carbocycles. The molecule has 1 aromatic heterocycles. The van der Waals surface area contributed by atoms with Crippen molar-refractivity contribution in [2.75, 3.05) is 5.43 Å². The molecule has 0 aliphatic rings. The number of nitrogens with one attached hydrogen (secondary N) is 1. The summed E-state index contributed by atoms with van der Waals surface area (Å²) >= 11 is 0. The third-order valence-electron chi connectivity index (χ3n) is 1.21. The minimum absolute atomic E-state index is 0.318. The maximum Gasteiger partial charge on any atom is 0.293 e. The van der Waals surface area contributed by atoms with E-state index in [2.05, 4.69) is 15.1 Å². The van der Waals surface area contributed by atoms with Crippen molar-refractivity contribution in [3.05, 3.63) is 24.4 Å². The first-order valence-corrected chi connectivity index (χ1v) is 4.48. The number of hydrazine groups is 1. The predicted octanol–water partition coefficient (Wildman–Crippen LogP) is 1.33. The van der Waals surface area contributed by atoms with Crippen LogP contribution in [0.15, 0.2) is 24.4 Å². The van der Waals surface area contributed by atoms with Gasteiger partial charge in [-0.25, -0.2) is 10.8 Å². The van der Waals surface area contributed by atoms with Crippen LogP contribution in [0.1, 0.15) is 20.8 Å². The predicted molar refractivity (Wildman–Crippen MR) is 58.9 cm³/mol. The van der Waals surface area contributed by atoms with E-state index in [1.807, 2.05) is 32.9 Å². The lowest BCUT2D eigenvalue weighted by Crippen LogP contribution is -2.17. The molecule has 0 aliphatic carbocycles. The van der Waals surface area contributed by atoms with Crippen molar-refractivity contribution in [3.8, 4) is 0 Å². The van der Waals surface area contributed by atoms with Crippen molar-refractivity contribution in [2.24, 2.45) is 5.84 Å². The summed E-state index contributed by atoms with van der Waals surface area (Å²) in [5, 5.41) is 0. The van der Waals surface area contributed by atoms with E-state index in [9.17, 15) is 4.79 Å². The zero-order chi connectivity index (χ0) is 11.7. The third-order valence-corrected chi connectivity index (χ3v) is 1.21. The Morgan fingerprint density at radius 3 is 2.33 bits per heavy atom. The SMILES string of the molecule is CC(C)(C)OC=O.NNc1ccccn1. The molecule has 0 aliphatic heterocycles. The summed E-state index contributed by atoms with van der Waals surface area (Å²) in [5.41, 5.74) is 2.10. The van der Waals surface area contributed by atoms with E-state index in [1.165, 1.54) is 0 Å². The Balaban J connectivity index is 0.000000265. The first-order chi connectivity index (χ1) is 6.99. The molecule has 0 spiro atoms. The fraction of sp³-hybridized carbons (Fsp3) is 0.400. The average Bonchev–Trinajstić information content (AvgIpc) is 2.18. The summed E-state index contributed by atoms with van der Waals surface area (Å²) in [6, 6.07) is 5.49. The van der Waals surface area contributed by atoms with E-state index >= 15 is 0 Å². The quantitative estimate of drug-likeness (QED) is 0.438. The topological polar surface area (TPSA) is 77.2 Å². The van der Waals surface area contributed by atoms with Crippen LogP contribution >= 0.6 is 0 Å². The molecule has 0 radical (unpaired) electrons. The smallest absolute Gasteiger partial charge is 0.293 e. The van der Waals surface area contributed by atoms with E-state index in [4.69, 9.17) is 5.84 Å². The Labute approximate surface area is 89.6 Å². The molecule has 1 aromatic rings. The Bertz CT molecular complexity index is 270. The first-order valence-electron chi connectivity index (χ1n) is 4.48. The van der Waals surface area contributed by atoms with Gasteiger partial charge in [-0.2, -0.15) is 0 Å². The van der Waals surface area contributed by atoms with Crippen molar-refractivity contribution in [1.29, 1.82) is 0 Å². The van der Waals surface area contributed by atoms with Crippen LogP contribution in [-0.2, 0) is 9.53 Å². The molecule has 1 heterocycles. The number of carbonyl (C=O) groups is 1. The van der Waals surface area contributed by atoms with E-state index in [-0.39, 0.29) is 5.60 Å². The first kappa shape index (κ1) is 13.4. The minimum Gasteiger partial charge on any atom is -0.462 e. The van der Waals surface area contributed by atoms with Gasteiger partial charge in [-0.1, -0.05) is 6.07 Å². The molecular weight excluding hydrogens is 194 g/mol. The van der Waals surface area contributed by atoms with Crippen molar-refractivity contribution >= 4 is 12.3 Å². The van der Waals surface area contributed by atoms with E-state index in [0.717, 1.165) is 0 Å². The minimum atomic E-state index is -0.318. The zero-order valence-electron chi connectivity index (χ0n) is 9.23. The van der Waals surface area contributed by atoms with Crippen molar-refractivity contribution in [1.82, 2.24) is 4.98 Å². The number of nitrogens with two attached hydrogens (primary N) is 1. The van der Waals surface area contributed by atoms with Gasteiger partial charge in [0.2, 0.25) is 0 Å². The van der Waals surface area contributed by atoms with Gasteiger partial charge in [0.05, 0.1) is 0 Å². The monoisotopic (exact) mass is 211 g/mol. The van der Waals surface area contributed by atoms with Gasteiger partial charge in [0.25, 0.3) is 6.47 Å². The molecule has 0 unspecified atom stereocenters. The molecule has 0 aromatic carbocycles. The molecule has 5 nitrogen and oxygen atoms in total. The molecule has 15 heavy (non-hydrogen) atoms. The van der Waals surface area contributed by atoms with Crippen LogP contribution < -0.4 is 11.3 Å². The van der Waals surface area contributed by atoms with Crippen LogP contribution in [0.3, 0.4) is 0 Å². The van der Waals surface area contributed by atoms with Gasteiger partial charge in [0.1, 0.15) is 11.4 Å². The Morgan fingerprint density at radius 2 is 2.13 bits per heavy atom. The van der Waals surface area contributed by atoms with Gasteiger partial charge in [0, 0.05) is 6.20 Å². The van der Waals surface area contributed by atoms with E-state index in [1.54, 1.807) is 12.3 Å². The number of ether oxygens (including phenoxy) is 1. The summed E-state index contributed by atoms with van der Waals surface area (Å²) in [5.74, 6) is 5.72. The van der Waals surface area contributed by atoms with Crippen LogP contribution in [0, 0.1) is 0 Å². The summed E-state index contributed by atoms with van der Waals surface area (Å²) in [7, 11) is 0.